The molecule has 0 N–H and O–H groups in total. The molecule has 0 aromatic carbocycles. The molecule has 2 rings (SSSR count). The largest absolute Gasteiger partial charge is 0.466 e. The molecule has 0 heterocycles. The predicted octanol–water partition coefficient (Wildman–Crippen LogP) is 1.34. The van der Waals surface area contributed by atoms with Crippen molar-refractivity contribution >= 4 is 17.7 Å². The van der Waals surface area contributed by atoms with Crippen LogP contribution in [0.25, 0.3) is 0 Å². The molecule has 6 heteroatoms. The van der Waals surface area contributed by atoms with Crippen molar-refractivity contribution in [2.75, 3.05) is 21.3 Å². The zero-order valence-corrected chi connectivity index (χ0v) is 13.0. The first-order valence-electron chi connectivity index (χ1n) is 7.17. The molecule has 0 aromatic rings. The summed E-state index contributed by atoms with van der Waals surface area (Å²) in [5.41, 5.74) is 1.58. The monoisotopic (exact) mass is 308 g/mol. The third-order valence-corrected chi connectivity index (χ3v) is 4.28. The summed E-state index contributed by atoms with van der Waals surface area (Å²) in [5, 5.41) is 0. The van der Waals surface area contributed by atoms with Gasteiger partial charge in [0.1, 0.15) is 6.10 Å². The summed E-state index contributed by atoms with van der Waals surface area (Å²) in [6.45, 7) is 0. The molecule has 1 fully saturated rings. The highest BCUT2D eigenvalue weighted by atomic mass is 16.5. The van der Waals surface area contributed by atoms with Crippen LogP contribution in [0.5, 0.6) is 0 Å². The third-order valence-electron chi connectivity index (χ3n) is 4.28. The second-order valence-electron chi connectivity index (χ2n) is 5.34. The number of esters is 2. The van der Waals surface area contributed by atoms with Crippen molar-refractivity contribution in [3.63, 3.8) is 0 Å². The van der Waals surface area contributed by atoms with Crippen LogP contribution in [0.1, 0.15) is 25.7 Å². The summed E-state index contributed by atoms with van der Waals surface area (Å²) in [6.07, 6.45) is 2.93. The summed E-state index contributed by atoms with van der Waals surface area (Å²) < 4.78 is 14.9. The van der Waals surface area contributed by atoms with Gasteiger partial charge in [-0.2, -0.15) is 0 Å². The highest BCUT2D eigenvalue weighted by molar-refractivity contribution is 6.02. The lowest BCUT2D eigenvalue weighted by molar-refractivity contribution is -0.140. The number of ether oxygens (including phenoxy) is 3. The van der Waals surface area contributed by atoms with Gasteiger partial charge in [0.25, 0.3) is 0 Å². The molecule has 0 bridgehead atoms. The Labute approximate surface area is 129 Å². The zero-order chi connectivity index (χ0) is 16.3. The van der Waals surface area contributed by atoms with Crippen molar-refractivity contribution in [1.29, 1.82) is 0 Å². The van der Waals surface area contributed by atoms with Gasteiger partial charge in [-0.1, -0.05) is 11.6 Å². The quantitative estimate of drug-likeness (QED) is 0.578. The molecule has 2 aliphatic carbocycles. The van der Waals surface area contributed by atoms with Gasteiger partial charge in [-0.3, -0.25) is 4.79 Å². The van der Waals surface area contributed by atoms with Gasteiger partial charge in [-0.25, -0.2) is 9.59 Å². The maximum absolute atomic E-state index is 12.2. The molecule has 1 saturated carbocycles. The van der Waals surface area contributed by atoms with E-state index >= 15 is 0 Å². The molecule has 0 spiro atoms. The fraction of sp³-hybridized carbons (Fsp3) is 0.562. The normalized spacial score (nSPS) is 25.0. The highest BCUT2D eigenvalue weighted by Gasteiger charge is 2.38. The lowest BCUT2D eigenvalue weighted by Crippen LogP contribution is -2.29. The number of allylic oxidation sites excluding steroid dienone is 2. The number of methoxy groups -OCH3 is 3. The maximum Gasteiger partial charge on any atom is 0.334 e. The van der Waals surface area contributed by atoms with E-state index in [9.17, 15) is 14.4 Å². The van der Waals surface area contributed by atoms with E-state index in [1.54, 1.807) is 0 Å². The van der Waals surface area contributed by atoms with Crippen molar-refractivity contribution in [2.24, 2.45) is 5.92 Å². The molecule has 6 nitrogen and oxygen atoms in total. The second-order valence-corrected chi connectivity index (χ2v) is 5.34. The minimum Gasteiger partial charge on any atom is -0.466 e. The van der Waals surface area contributed by atoms with Crippen molar-refractivity contribution in [3.8, 4) is 0 Å². The van der Waals surface area contributed by atoms with E-state index in [-0.39, 0.29) is 11.7 Å². The molecule has 0 saturated heterocycles. The number of carbonyl (C=O) groups is 3. The molecular formula is C16H20O6. The smallest absolute Gasteiger partial charge is 0.334 e. The van der Waals surface area contributed by atoms with E-state index in [0.717, 1.165) is 5.57 Å². The molecule has 0 aromatic heterocycles. The highest BCUT2D eigenvalue weighted by Crippen LogP contribution is 2.39. The van der Waals surface area contributed by atoms with Gasteiger partial charge in [-0.15, -0.1) is 0 Å². The molecule has 0 amide bonds. The fourth-order valence-corrected chi connectivity index (χ4v) is 3.12. The fourth-order valence-electron chi connectivity index (χ4n) is 3.12. The summed E-state index contributed by atoms with van der Waals surface area (Å²) in [4.78, 5) is 36.2. The number of fused-ring (bicyclic) bond motifs is 1. The number of rotatable bonds is 3. The van der Waals surface area contributed by atoms with Gasteiger partial charge >= 0.3 is 11.9 Å². The molecule has 120 valence electrons. The molecular weight excluding hydrogens is 288 g/mol. The van der Waals surface area contributed by atoms with Gasteiger partial charge in [-0.05, 0) is 19.3 Å². The van der Waals surface area contributed by atoms with E-state index in [1.165, 1.54) is 21.3 Å². The average Bonchev–Trinajstić information content (AvgIpc) is 2.71. The van der Waals surface area contributed by atoms with E-state index in [1.807, 2.05) is 6.08 Å². The van der Waals surface area contributed by atoms with Crippen LogP contribution >= 0.6 is 0 Å². The van der Waals surface area contributed by atoms with Crippen molar-refractivity contribution in [1.82, 2.24) is 0 Å². The van der Waals surface area contributed by atoms with Gasteiger partial charge in [0.05, 0.1) is 25.4 Å². The van der Waals surface area contributed by atoms with Crippen LogP contribution in [0.15, 0.2) is 22.8 Å². The molecule has 0 aliphatic heterocycles. The van der Waals surface area contributed by atoms with Crippen molar-refractivity contribution < 1.29 is 28.6 Å². The second kappa shape index (κ2) is 6.87. The Balaban J connectivity index is 2.47. The minimum absolute atomic E-state index is 0.0154. The first-order chi connectivity index (χ1) is 10.5. The summed E-state index contributed by atoms with van der Waals surface area (Å²) in [5.74, 6) is -1.42. The van der Waals surface area contributed by atoms with E-state index in [2.05, 4.69) is 0 Å². The Morgan fingerprint density at radius 1 is 1.09 bits per heavy atom. The standard InChI is InChI=1S/C16H20O6/c1-20-13-8-11-9(5-7-12(13)17)4-6-10(15(18)21-2)14(11)16(19)22-3/h4,11,13H,5-8H2,1-3H3/t11-,13-/m0/s1. The summed E-state index contributed by atoms with van der Waals surface area (Å²) in [7, 11) is 4.03. The summed E-state index contributed by atoms with van der Waals surface area (Å²) in [6, 6.07) is 0. The van der Waals surface area contributed by atoms with E-state index < -0.39 is 18.0 Å². The predicted molar refractivity (Wildman–Crippen MR) is 76.9 cm³/mol. The van der Waals surface area contributed by atoms with Crippen molar-refractivity contribution in [3.05, 3.63) is 22.8 Å². The van der Waals surface area contributed by atoms with Crippen LogP contribution in [-0.4, -0.2) is 45.2 Å². The van der Waals surface area contributed by atoms with Gasteiger partial charge in [0.2, 0.25) is 0 Å². The first kappa shape index (κ1) is 16.4. The number of hydrogen-bond acceptors (Lipinski definition) is 6. The SMILES string of the molecule is COC(=O)C1=C(C(=O)OC)[C@H]2C[C@H](OC)C(=O)CCC2=CC1. The lowest BCUT2D eigenvalue weighted by Gasteiger charge is -2.27. The van der Waals surface area contributed by atoms with Crippen LogP contribution in [0.2, 0.25) is 0 Å². The average molecular weight is 308 g/mol. The van der Waals surface area contributed by atoms with Crippen LogP contribution in [0.4, 0.5) is 0 Å². The van der Waals surface area contributed by atoms with Crippen LogP contribution in [0, 0.1) is 5.92 Å². The van der Waals surface area contributed by atoms with Crippen molar-refractivity contribution in [2.45, 2.75) is 31.8 Å². The molecule has 0 unspecified atom stereocenters. The van der Waals surface area contributed by atoms with Gasteiger partial charge in [0, 0.05) is 19.4 Å². The topological polar surface area (TPSA) is 78.9 Å². The molecule has 22 heavy (non-hydrogen) atoms. The Morgan fingerprint density at radius 2 is 1.77 bits per heavy atom. The number of carbonyl (C=O) groups excluding carboxylic acids is 3. The zero-order valence-electron chi connectivity index (χ0n) is 13.0. The Bertz CT molecular complexity index is 557. The Kier molecular flexibility index (Phi) is 5.13. The number of hydrogen-bond donors (Lipinski definition) is 0. The van der Waals surface area contributed by atoms with Crippen LogP contribution < -0.4 is 0 Å². The number of Topliss-reactive ketones (excluding diaryl/α,β-unsaturated/α-hetero) is 1. The molecule has 2 atom stereocenters. The molecule has 2 aliphatic rings. The van der Waals surface area contributed by atoms with Gasteiger partial charge < -0.3 is 14.2 Å². The Hall–Kier alpha value is -1.95. The Morgan fingerprint density at radius 3 is 2.36 bits per heavy atom. The van der Waals surface area contributed by atoms with Crippen LogP contribution in [0.3, 0.4) is 0 Å². The number of ketones is 1. The molecule has 0 radical (unpaired) electrons. The van der Waals surface area contributed by atoms with Crippen LogP contribution in [-0.2, 0) is 28.6 Å². The third kappa shape index (κ3) is 2.97. The van der Waals surface area contributed by atoms with Gasteiger partial charge in [0.15, 0.2) is 5.78 Å². The first-order valence-corrected chi connectivity index (χ1v) is 7.17. The summed E-state index contributed by atoms with van der Waals surface area (Å²) >= 11 is 0. The lowest BCUT2D eigenvalue weighted by atomic mass is 9.78. The van der Waals surface area contributed by atoms with E-state index in [4.69, 9.17) is 14.2 Å². The maximum atomic E-state index is 12.2. The minimum atomic E-state index is -0.576. The van der Waals surface area contributed by atoms with E-state index in [0.29, 0.717) is 36.8 Å².